The van der Waals surface area contributed by atoms with Gasteiger partial charge in [0.05, 0.1) is 0 Å². The zero-order chi connectivity index (χ0) is 46.5. The van der Waals surface area contributed by atoms with Crippen LogP contribution < -0.4 is 0 Å². The minimum absolute atomic E-state index is 0.0884. The first-order valence-electron chi connectivity index (χ1n) is 27.6. The lowest BCUT2D eigenvalue weighted by atomic mass is 10.0. The van der Waals surface area contributed by atoms with Crippen molar-refractivity contribution in [1.82, 2.24) is 0 Å². The van der Waals surface area contributed by atoms with Crippen molar-refractivity contribution in [3.63, 3.8) is 0 Å². The van der Waals surface area contributed by atoms with Crippen LogP contribution in [0.15, 0.2) is 48.6 Å². The number of carbonyl (C=O) groups is 3. The third-order valence-corrected chi connectivity index (χ3v) is 12.1. The van der Waals surface area contributed by atoms with Gasteiger partial charge >= 0.3 is 17.9 Å². The van der Waals surface area contributed by atoms with Crippen molar-refractivity contribution < 1.29 is 28.6 Å². The molecular weight excluding hydrogens is 793 g/mol. The summed E-state index contributed by atoms with van der Waals surface area (Å²) in [5.41, 5.74) is 0. The van der Waals surface area contributed by atoms with Crippen LogP contribution in [0.3, 0.4) is 0 Å². The van der Waals surface area contributed by atoms with Gasteiger partial charge in [-0.25, -0.2) is 0 Å². The molecule has 0 amide bonds. The summed E-state index contributed by atoms with van der Waals surface area (Å²) >= 11 is 0. The third kappa shape index (κ3) is 50.4. The van der Waals surface area contributed by atoms with Crippen LogP contribution in [0, 0.1) is 0 Å². The molecule has 1 atom stereocenters. The van der Waals surface area contributed by atoms with E-state index in [0.29, 0.717) is 25.7 Å². The standard InChI is InChI=1S/C58H104O6/c1-4-7-10-13-16-19-22-25-27-29-31-33-36-38-41-44-47-50-56(59)62-53-55(64-58(61)52-49-46-43-40-35-24-21-18-15-12-9-6-3)54-63-57(60)51-48-45-42-39-37-34-32-30-28-26-23-20-17-14-11-8-5-2/h25-28,31,33,38,41,55H,4-24,29-30,32,34-37,39-40,42-54H2,1-3H3/b27-25-,28-26-,33-31-,41-38-/t55-/m1/s1. The number of esters is 3. The van der Waals surface area contributed by atoms with Gasteiger partial charge < -0.3 is 14.2 Å². The second-order valence-corrected chi connectivity index (χ2v) is 18.5. The number of rotatable bonds is 50. The third-order valence-electron chi connectivity index (χ3n) is 12.1. The number of allylic oxidation sites excluding steroid dienone is 8. The van der Waals surface area contributed by atoms with Gasteiger partial charge in [-0.3, -0.25) is 14.4 Å². The van der Waals surface area contributed by atoms with E-state index < -0.39 is 6.10 Å². The average molecular weight is 897 g/mol. The minimum atomic E-state index is -0.791. The Morgan fingerprint density at radius 2 is 0.578 bits per heavy atom. The molecule has 0 aliphatic carbocycles. The van der Waals surface area contributed by atoms with E-state index in [9.17, 15) is 14.4 Å². The Balaban J connectivity index is 4.40. The molecule has 0 N–H and O–H groups in total. The van der Waals surface area contributed by atoms with Gasteiger partial charge in [-0.15, -0.1) is 0 Å². The highest BCUT2D eigenvalue weighted by Gasteiger charge is 2.19. The maximum absolute atomic E-state index is 12.8. The SMILES string of the molecule is CCCCCCCC/C=C\C/C=C\C/C=C\CCCC(=O)OC[C@H](COC(=O)CCCCCCCCC/C=C\CCCCCCCC)OC(=O)CCCCCCCCCCCCCC. The van der Waals surface area contributed by atoms with Crippen molar-refractivity contribution >= 4 is 17.9 Å². The summed E-state index contributed by atoms with van der Waals surface area (Å²) in [5.74, 6) is -0.936. The first-order valence-corrected chi connectivity index (χ1v) is 27.6. The monoisotopic (exact) mass is 897 g/mol. The molecule has 0 spiro atoms. The van der Waals surface area contributed by atoms with Gasteiger partial charge in [-0.1, -0.05) is 236 Å². The fraction of sp³-hybridized carbons (Fsp3) is 0.810. The quantitative estimate of drug-likeness (QED) is 0.0262. The molecule has 6 heteroatoms. The molecule has 372 valence electrons. The molecule has 0 aliphatic rings. The lowest BCUT2D eigenvalue weighted by Crippen LogP contribution is -2.30. The number of hydrogen-bond donors (Lipinski definition) is 0. The van der Waals surface area contributed by atoms with Crippen molar-refractivity contribution in [1.29, 1.82) is 0 Å². The molecule has 64 heavy (non-hydrogen) atoms. The van der Waals surface area contributed by atoms with Crippen molar-refractivity contribution in [3.05, 3.63) is 48.6 Å². The summed E-state index contributed by atoms with van der Waals surface area (Å²) in [6.45, 7) is 6.60. The van der Waals surface area contributed by atoms with Crippen LogP contribution in [0.2, 0.25) is 0 Å². The Kier molecular flexibility index (Phi) is 50.8. The second kappa shape index (κ2) is 53.0. The van der Waals surface area contributed by atoms with Gasteiger partial charge in [0.2, 0.25) is 0 Å². The van der Waals surface area contributed by atoms with Crippen LogP contribution in [-0.4, -0.2) is 37.2 Å². The Morgan fingerprint density at radius 3 is 0.953 bits per heavy atom. The highest BCUT2D eigenvalue weighted by atomic mass is 16.6. The van der Waals surface area contributed by atoms with Gasteiger partial charge in [-0.05, 0) is 77.0 Å². The maximum Gasteiger partial charge on any atom is 0.306 e. The van der Waals surface area contributed by atoms with E-state index in [0.717, 1.165) is 57.8 Å². The fourth-order valence-electron chi connectivity index (χ4n) is 7.87. The van der Waals surface area contributed by atoms with Gasteiger partial charge in [0.15, 0.2) is 6.10 Å². The van der Waals surface area contributed by atoms with E-state index >= 15 is 0 Å². The van der Waals surface area contributed by atoms with Crippen LogP contribution in [0.4, 0.5) is 0 Å². The Morgan fingerprint density at radius 1 is 0.312 bits per heavy atom. The zero-order valence-electron chi connectivity index (χ0n) is 42.6. The topological polar surface area (TPSA) is 78.9 Å². The zero-order valence-corrected chi connectivity index (χ0v) is 42.6. The average Bonchev–Trinajstić information content (AvgIpc) is 3.29. The van der Waals surface area contributed by atoms with Crippen LogP contribution in [0.5, 0.6) is 0 Å². The maximum atomic E-state index is 12.8. The van der Waals surface area contributed by atoms with E-state index in [1.165, 1.54) is 180 Å². The summed E-state index contributed by atoms with van der Waals surface area (Å²) in [5, 5.41) is 0. The van der Waals surface area contributed by atoms with Crippen molar-refractivity contribution in [2.45, 2.75) is 290 Å². The minimum Gasteiger partial charge on any atom is -0.462 e. The van der Waals surface area contributed by atoms with Gasteiger partial charge in [0, 0.05) is 19.3 Å². The molecule has 0 aromatic carbocycles. The molecular formula is C58H104O6. The Labute approximate surface area is 397 Å². The van der Waals surface area contributed by atoms with E-state index in [1.54, 1.807) is 0 Å². The van der Waals surface area contributed by atoms with Crippen LogP contribution >= 0.6 is 0 Å². The molecule has 0 unspecified atom stereocenters. The summed E-state index contributed by atoms with van der Waals surface area (Å²) in [4.78, 5) is 38.0. The number of hydrogen-bond acceptors (Lipinski definition) is 6. The van der Waals surface area contributed by atoms with Crippen LogP contribution in [0.1, 0.15) is 284 Å². The van der Waals surface area contributed by atoms with Gasteiger partial charge in [-0.2, -0.15) is 0 Å². The molecule has 0 saturated carbocycles. The molecule has 0 rings (SSSR count). The summed E-state index contributed by atoms with van der Waals surface area (Å²) in [6, 6.07) is 0. The highest BCUT2D eigenvalue weighted by molar-refractivity contribution is 5.71. The van der Waals surface area contributed by atoms with Crippen molar-refractivity contribution in [3.8, 4) is 0 Å². The number of ether oxygens (including phenoxy) is 3. The molecule has 0 aliphatic heterocycles. The molecule has 0 radical (unpaired) electrons. The predicted molar refractivity (Wildman–Crippen MR) is 275 cm³/mol. The first kappa shape index (κ1) is 61.4. The summed E-state index contributed by atoms with van der Waals surface area (Å²) in [7, 11) is 0. The fourth-order valence-corrected chi connectivity index (χ4v) is 7.87. The molecule has 0 bridgehead atoms. The second-order valence-electron chi connectivity index (χ2n) is 18.5. The molecule has 0 heterocycles. The molecule has 0 saturated heterocycles. The molecule has 0 fully saturated rings. The number of carbonyl (C=O) groups excluding carboxylic acids is 3. The molecule has 0 aromatic rings. The van der Waals surface area contributed by atoms with E-state index in [1.807, 2.05) is 0 Å². The smallest absolute Gasteiger partial charge is 0.306 e. The molecule has 0 aromatic heterocycles. The van der Waals surface area contributed by atoms with Gasteiger partial charge in [0.1, 0.15) is 13.2 Å². The van der Waals surface area contributed by atoms with Crippen LogP contribution in [-0.2, 0) is 28.6 Å². The number of unbranched alkanes of at least 4 members (excludes halogenated alkanes) is 31. The summed E-state index contributed by atoms with van der Waals surface area (Å²) < 4.78 is 16.8. The highest BCUT2D eigenvalue weighted by Crippen LogP contribution is 2.15. The Bertz CT molecular complexity index is 1120. The van der Waals surface area contributed by atoms with E-state index in [-0.39, 0.29) is 31.1 Å². The lowest BCUT2D eigenvalue weighted by molar-refractivity contribution is -0.167. The van der Waals surface area contributed by atoms with E-state index in [4.69, 9.17) is 14.2 Å². The largest absolute Gasteiger partial charge is 0.462 e. The van der Waals surface area contributed by atoms with Crippen molar-refractivity contribution in [2.75, 3.05) is 13.2 Å². The van der Waals surface area contributed by atoms with Gasteiger partial charge in [0.25, 0.3) is 0 Å². The van der Waals surface area contributed by atoms with E-state index in [2.05, 4.69) is 69.4 Å². The predicted octanol–water partition coefficient (Wildman–Crippen LogP) is 18.3. The Hall–Kier alpha value is -2.63. The first-order chi connectivity index (χ1) is 31.5. The molecule has 6 nitrogen and oxygen atoms in total. The van der Waals surface area contributed by atoms with Crippen LogP contribution in [0.25, 0.3) is 0 Å². The normalized spacial score (nSPS) is 12.4. The van der Waals surface area contributed by atoms with Crippen molar-refractivity contribution in [2.24, 2.45) is 0 Å². The lowest BCUT2D eigenvalue weighted by Gasteiger charge is -2.18. The summed E-state index contributed by atoms with van der Waals surface area (Å²) in [6.07, 6.45) is 63.9.